The number of ketones is 1. The predicted octanol–water partition coefficient (Wildman–Crippen LogP) is 5.42. The van der Waals surface area contributed by atoms with Crippen LogP contribution in [-0.2, 0) is 9.59 Å². The quantitative estimate of drug-likeness (QED) is 0.129. The van der Waals surface area contributed by atoms with E-state index in [4.69, 9.17) is 0 Å². The van der Waals surface area contributed by atoms with Crippen molar-refractivity contribution in [1.29, 1.82) is 0 Å². The van der Waals surface area contributed by atoms with Crippen LogP contribution >= 0.6 is 0 Å². The zero-order valence-corrected chi connectivity index (χ0v) is 23.9. The van der Waals surface area contributed by atoms with E-state index in [0.29, 0.717) is 5.56 Å². The number of benzene rings is 4. The molecule has 4 aromatic rings. The molecule has 4 aromatic carbocycles. The number of nitro benzene ring substituents is 1. The predicted molar refractivity (Wildman–Crippen MR) is 160 cm³/mol. The highest BCUT2D eigenvalue weighted by Crippen LogP contribution is 2.61. The summed E-state index contributed by atoms with van der Waals surface area (Å²) in [4.78, 5) is 67.7. The number of hydrazine groups is 1. The van der Waals surface area contributed by atoms with Gasteiger partial charge in [-0.2, -0.15) is 5.01 Å². The lowest BCUT2D eigenvalue weighted by Crippen LogP contribution is -2.56. The second-order valence-corrected chi connectivity index (χ2v) is 11.6. The fourth-order valence-electron chi connectivity index (χ4n) is 7.24. The lowest BCUT2D eigenvalue weighted by molar-refractivity contribution is -0.384. The molecule has 1 heterocycles. The maximum atomic E-state index is 14.5. The smallest absolute Gasteiger partial charge is 0.273 e. The molecule has 0 aromatic heterocycles. The number of rotatable bonds is 6. The number of nitro groups is 1. The standard InChI is InChI=1S/C35H27N3O6/c1-19-11-13-21(14-12-19)32(39)20(2)36(33(40)22-15-17-23(18-16-22)38(43)44)37-34(41)30-28-24-7-3-4-8-25(24)29(31(30)35(37)42)27-10-6-5-9-26(27)28/h3-18,20,28-31H,1-2H3/t20-,28?,29?,30-,31-/m0/s1. The molecule has 0 saturated carbocycles. The minimum atomic E-state index is -1.24. The van der Waals surface area contributed by atoms with Crippen molar-refractivity contribution in [3.05, 3.63) is 146 Å². The Morgan fingerprint density at radius 2 is 1.16 bits per heavy atom. The first-order valence-electron chi connectivity index (χ1n) is 14.4. The molecule has 0 radical (unpaired) electrons. The minimum absolute atomic E-state index is 0.00386. The number of hydrogen-bond acceptors (Lipinski definition) is 6. The molecule has 2 bridgehead atoms. The molecule has 9 nitrogen and oxygen atoms in total. The zero-order chi connectivity index (χ0) is 30.9. The molecule has 1 aliphatic heterocycles. The van der Waals surface area contributed by atoms with Crippen molar-refractivity contribution in [2.75, 3.05) is 0 Å². The summed E-state index contributed by atoms with van der Waals surface area (Å²) < 4.78 is 0. The Morgan fingerprint density at radius 3 is 1.59 bits per heavy atom. The van der Waals surface area contributed by atoms with E-state index in [1.165, 1.54) is 31.2 Å². The SMILES string of the molecule is Cc1ccc(C(=O)[C@H](C)N(C(=O)c2ccc([N+](=O)[O-])cc2)N2C(=O)[C@H]3C4c5ccccc5C(c5ccccc54)[C@@H]3C2=O)cc1. The third-order valence-corrected chi connectivity index (χ3v) is 9.26. The highest BCUT2D eigenvalue weighted by molar-refractivity contribution is 6.11. The van der Waals surface area contributed by atoms with Crippen LogP contribution < -0.4 is 0 Å². The number of carbonyl (C=O) groups excluding carboxylic acids is 4. The lowest BCUT2D eigenvalue weighted by Gasteiger charge is -2.45. The van der Waals surface area contributed by atoms with E-state index in [1.54, 1.807) is 24.3 Å². The number of amides is 3. The van der Waals surface area contributed by atoms with Crippen molar-refractivity contribution in [3.63, 3.8) is 0 Å². The zero-order valence-electron chi connectivity index (χ0n) is 23.9. The Balaban J connectivity index is 1.35. The van der Waals surface area contributed by atoms with Crippen LogP contribution in [0.1, 0.15) is 67.3 Å². The maximum absolute atomic E-state index is 14.5. The monoisotopic (exact) mass is 585 g/mol. The average molecular weight is 586 g/mol. The van der Waals surface area contributed by atoms with Gasteiger partial charge in [-0.15, -0.1) is 0 Å². The van der Waals surface area contributed by atoms with Crippen molar-refractivity contribution in [2.45, 2.75) is 31.7 Å². The molecule has 218 valence electrons. The van der Waals surface area contributed by atoms with Crippen molar-refractivity contribution in [2.24, 2.45) is 11.8 Å². The Morgan fingerprint density at radius 1 is 0.727 bits per heavy atom. The molecule has 3 aliphatic carbocycles. The molecule has 3 atom stereocenters. The third-order valence-electron chi connectivity index (χ3n) is 9.26. The summed E-state index contributed by atoms with van der Waals surface area (Å²) in [6.45, 7) is 3.38. The maximum Gasteiger partial charge on any atom is 0.273 e. The van der Waals surface area contributed by atoms with Crippen LogP contribution in [0, 0.1) is 28.9 Å². The van der Waals surface area contributed by atoms with Crippen molar-refractivity contribution in [1.82, 2.24) is 10.0 Å². The Hall–Kier alpha value is -5.44. The second-order valence-electron chi connectivity index (χ2n) is 11.6. The molecular weight excluding hydrogens is 558 g/mol. The summed E-state index contributed by atoms with van der Waals surface area (Å²) in [5, 5.41) is 13.1. The van der Waals surface area contributed by atoms with Crippen LogP contribution in [0.5, 0.6) is 0 Å². The largest absolute Gasteiger partial charge is 0.292 e. The fraction of sp³-hybridized carbons (Fsp3) is 0.200. The highest BCUT2D eigenvalue weighted by Gasteiger charge is 2.63. The van der Waals surface area contributed by atoms with E-state index in [1.807, 2.05) is 55.5 Å². The topological polar surface area (TPSA) is 118 Å². The first-order chi connectivity index (χ1) is 21.2. The van der Waals surface area contributed by atoms with E-state index in [0.717, 1.165) is 37.8 Å². The van der Waals surface area contributed by atoms with Gasteiger partial charge in [0.1, 0.15) is 6.04 Å². The van der Waals surface area contributed by atoms with Gasteiger partial charge in [0.15, 0.2) is 5.78 Å². The van der Waals surface area contributed by atoms with Gasteiger partial charge in [0.25, 0.3) is 23.4 Å². The average Bonchev–Trinajstić information content (AvgIpc) is 3.30. The molecule has 9 heteroatoms. The molecule has 8 rings (SSSR count). The summed E-state index contributed by atoms with van der Waals surface area (Å²) in [6, 6.07) is 26.1. The van der Waals surface area contributed by atoms with Crippen LogP contribution in [0.4, 0.5) is 5.69 Å². The van der Waals surface area contributed by atoms with E-state index < -0.39 is 58.1 Å². The van der Waals surface area contributed by atoms with Crippen LogP contribution in [0.25, 0.3) is 0 Å². The molecule has 0 N–H and O–H groups in total. The molecule has 0 spiro atoms. The van der Waals surface area contributed by atoms with Gasteiger partial charge in [-0.05, 0) is 48.2 Å². The summed E-state index contributed by atoms with van der Waals surface area (Å²) in [6.07, 6.45) is 0. The van der Waals surface area contributed by atoms with Crippen LogP contribution in [0.3, 0.4) is 0 Å². The van der Waals surface area contributed by atoms with E-state index in [2.05, 4.69) is 0 Å². The van der Waals surface area contributed by atoms with Gasteiger partial charge in [0.05, 0.1) is 16.8 Å². The number of Topliss-reactive ketones (excluding diaryl/α,β-unsaturated/α-hetero) is 1. The molecule has 4 aliphatic rings. The summed E-state index contributed by atoms with van der Waals surface area (Å²) in [5.41, 5.74) is 4.98. The number of aryl methyl sites for hydroxylation is 1. The highest BCUT2D eigenvalue weighted by atomic mass is 16.6. The number of nitrogens with zero attached hydrogens (tertiary/aromatic N) is 3. The molecule has 44 heavy (non-hydrogen) atoms. The Labute approximate surface area is 252 Å². The molecule has 3 amide bonds. The van der Waals surface area contributed by atoms with E-state index in [9.17, 15) is 29.3 Å². The van der Waals surface area contributed by atoms with Crippen LogP contribution in [-0.4, -0.2) is 44.5 Å². The third kappa shape index (κ3) is 3.92. The van der Waals surface area contributed by atoms with Gasteiger partial charge in [-0.3, -0.25) is 29.3 Å². The summed E-state index contributed by atoms with van der Waals surface area (Å²) in [5.74, 6) is -4.62. The van der Waals surface area contributed by atoms with Crippen LogP contribution in [0.15, 0.2) is 97.1 Å². The van der Waals surface area contributed by atoms with E-state index >= 15 is 0 Å². The van der Waals surface area contributed by atoms with Gasteiger partial charge in [0.2, 0.25) is 0 Å². The molecular formula is C35H27N3O6. The molecule has 0 unspecified atom stereocenters. The first-order valence-corrected chi connectivity index (χ1v) is 14.4. The fourth-order valence-corrected chi connectivity index (χ4v) is 7.24. The van der Waals surface area contributed by atoms with Crippen LogP contribution in [0.2, 0.25) is 0 Å². The second kappa shape index (κ2) is 10.1. The van der Waals surface area contributed by atoms with Gasteiger partial charge >= 0.3 is 0 Å². The van der Waals surface area contributed by atoms with Crippen molar-refractivity contribution < 1.29 is 24.1 Å². The van der Waals surface area contributed by atoms with Gasteiger partial charge in [-0.25, -0.2) is 5.01 Å². The number of non-ortho nitro benzene ring substituents is 1. The summed E-state index contributed by atoms with van der Waals surface area (Å²) >= 11 is 0. The van der Waals surface area contributed by atoms with Crippen molar-refractivity contribution >= 4 is 29.2 Å². The summed E-state index contributed by atoms with van der Waals surface area (Å²) in [7, 11) is 0. The van der Waals surface area contributed by atoms with Gasteiger partial charge < -0.3 is 0 Å². The minimum Gasteiger partial charge on any atom is -0.292 e. The lowest BCUT2D eigenvalue weighted by atomic mass is 9.55. The molecule has 1 saturated heterocycles. The number of hydrogen-bond donors (Lipinski definition) is 0. The van der Waals surface area contributed by atoms with Gasteiger partial charge in [-0.1, -0.05) is 78.4 Å². The first kappa shape index (κ1) is 27.4. The normalized spacial score (nSPS) is 21.7. The van der Waals surface area contributed by atoms with E-state index in [-0.39, 0.29) is 11.3 Å². The Kier molecular flexibility index (Phi) is 6.28. The van der Waals surface area contributed by atoms with Crippen molar-refractivity contribution in [3.8, 4) is 0 Å². The Bertz CT molecular complexity index is 1770. The van der Waals surface area contributed by atoms with Gasteiger partial charge in [0, 0.05) is 35.1 Å². The number of imide groups is 1. The number of carbonyl (C=O) groups is 4. The molecule has 1 fully saturated rings.